The van der Waals surface area contributed by atoms with Gasteiger partial charge in [0.05, 0.1) is 6.61 Å². The van der Waals surface area contributed by atoms with E-state index in [9.17, 15) is 18.0 Å². The van der Waals surface area contributed by atoms with E-state index in [1.165, 1.54) is 7.11 Å². The predicted octanol–water partition coefficient (Wildman–Crippen LogP) is 2.63. The van der Waals surface area contributed by atoms with Gasteiger partial charge in [0.25, 0.3) is 5.91 Å². The molecule has 1 atom stereocenters. The molecule has 8 heteroatoms. The Labute approximate surface area is 116 Å². The lowest BCUT2D eigenvalue weighted by Gasteiger charge is -2.14. The van der Waals surface area contributed by atoms with Crippen LogP contribution in [-0.4, -0.2) is 30.6 Å². The van der Waals surface area contributed by atoms with Gasteiger partial charge in [0.2, 0.25) is 0 Å². The van der Waals surface area contributed by atoms with Gasteiger partial charge in [-0.2, -0.15) is 13.2 Å². The molecule has 4 nitrogen and oxygen atoms in total. The summed E-state index contributed by atoms with van der Waals surface area (Å²) >= 11 is 3.00. The molecule has 0 saturated heterocycles. The van der Waals surface area contributed by atoms with Crippen LogP contribution < -0.4 is 5.32 Å². The van der Waals surface area contributed by atoms with Crippen molar-refractivity contribution in [2.24, 2.45) is 0 Å². The number of halogens is 4. The fourth-order valence-corrected chi connectivity index (χ4v) is 1.74. The molecule has 0 bridgehead atoms. The lowest BCUT2D eigenvalue weighted by atomic mass is 10.2. The third-order valence-corrected chi connectivity index (χ3v) is 2.79. The normalized spacial score (nSPS) is 13.2. The summed E-state index contributed by atoms with van der Waals surface area (Å²) in [5.74, 6) is -0.692. The van der Waals surface area contributed by atoms with Gasteiger partial charge < -0.3 is 10.1 Å². The van der Waals surface area contributed by atoms with Crippen molar-refractivity contribution in [1.82, 2.24) is 10.3 Å². The Morgan fingerprint density at radius 1 is 1.53 bits per heavy atom. The summed E-state index contributed by atoms with van der Waals surface area (Å²) < 4.78 is 42.6. The van der Waals surface area contributed by atoms with Crippen molar-refractivity contribution in [2.45, 2.75) is 19.1 Å². The number of aromatic nitrogens is 1. The minimum Gasteiger partial charge on any atom is -0.383 e. The van der Waals surface area contributed by atoms with E-state index in [2.05, 4.69) is 26.2 Å². The monoisotopic (exact) mass is 340 g/mol. The first-order valence-corrected chi connectivity index (χ1v) is 6.08. The van der Waals surface area contributed by atoms with E-state index in [0.29, 0.717) is 0 Å². The molecule has 0 unspecified atom stereocenters. The number of hydrogen-bond donors (Lipinski definition) is 1. The standard InChI is InChI=1S/C11H12BrF3N2O2/c1-6(5-19-2)16-10(18)9-7(12)3-4-8(17-9)11(13,14)15/h3-4,6H,5H2,1-2H3,(H,16,18)/t6-/m0/s1. The van der Waals surface area contributed by atoms with Crippen molar-refractivity contribution in [1.29, 1.82) is 0 Å². The number of nitrogens with zero attached hydrogens (tertiary/aromatic N) is 1. The maximum atomic E-state index is 12.5. The van der Waals surface area contributed by atoms with E-state index in [4.69, 9.17) is 4.74 Å². The van der Waals surface area contributed by atoms with Crippen LogP contribution in [0.4, 0.5) is 13.2 Å². The molecule has 1 N–H and O–H groups in total. The molecule has 0 radical (unpaired) electrons. The van der Waals surface area contributed by atoms with Crippen LogP contribution in [0.1, 0.15) is 23.1 Å². The first kappa shape index (κ1) is 15.9. The van der Waals surface area contributed by atoms with E-state index in [0.717, 1.165) is 12.1 Å². The van der Waals surface area contributed by atoms with Crippen molar-refractivity contribution in [3.8, 4) is 0 Å². The zero-order valence-electron chi connectivity index (χ0n) is 10.2. The van der Waals surface area contributed by atoms with E-state index in [1.54, 1.807) is 6.92 Å². The Bertz CT molecular complexity index is 466. The summed E-state index contributed by atoms with van der Waals surface area (Å²) in [6, 6.07) is 1.62. The molecule has 1 rings (SSSR count). The minimum atomic E-state index is -4.59. The zero-order chi connectivity index (χ0) is 14.6. The molecule has 1 amide bonds. The summed E-state index contributed by atoms with van der Waals surface area (Å²) in [7, 11) is 1.46. The van der Waals surface area contributed by atoms with Gasteiger partial charge in [-0.1, -0.05) is 0 Å². The molecule has 1 heterocycles. The quantitative estimate of drug-likeness (QED) is 0.916. The van der Waals surface area contributed by atoms with Gasteiger partial charge in [0.1, 0.15) is 11.4 Å². The number of hydrogen-bond acceptors (Lipinski definition) is 3. The molecule has 1 aromatic heterocycles. The second-order valence-corrected chi connectivity index (χ2v) is 4.71. The average Bonchev–Trinajstić information content (AvgIpc) is 2.27. The molecule has 106 valence electrons. The van der Waals surface area contributed by atoms with Gasteiger partial charge in [-0.3, -0.25) is 4.79 Å². The summed E-state index contributed by atoms with van der Waals surface area (Å²) in [6.07, 6.45) is -4.59. The maximum Gasteiger partial charge on any atom is 0.433 e. The van der Waals surface area contributed by atoms with E-state index < -0.39 is 17.8 Å². The smallest absolute Gasteiger partial charge is 0.383 e. The second-order valence-electron chi connectivity index (χ2n) is 3.85. The molecule has 0 aliphatic heterocycles. The SMILES string of the molecule is COC[C@H](C)NC(=O)c1nc(C(F)(F)F)ccc1Br. The number of ether oxygens (including phenoxy) is 1. The second kappa shape index (κ2) is 6.33. The van der Waals surface area contributed by atoms with Crippen molar-refractivity contribution >= 4 is 21.8 Å². The molecule has 0 aliphatic carbocycles. The summed E-state index contributed by atoms with van der Waals surface area (Å²) in [5.41, 5.74) is -1.42. The maximum absolute atomic E-state index is 12.5. The first-order chi connectivity index (χ1) is 8.75. The average molecular weight is 341 g/mol. The van der Waals surface area contributed by atoms with Crippen LogP contribution in [0.15, 0.2) is 16.6 Å². The molecule has 0 spiro atoms. The first-order valence-electron chi connectivity index (χ1n) is 5.29. The molecule has 0 fully saturated rings. The zero-order valence-corrected chi connectivity index (χ0v) is 11.8. The van der Waals surface area contributed by atoms with Gasteiger partial charge in [0, 0.05) is 17.6 Å². The molecule has 1 aromatic rings. The third-order valence-electron chi connectivity index (χ3n) is 2.15. The number of rotatable bonds is 4. The lowest BCUT2D eigenvalue weighted by Crippen LogP contribution is -2.36. The predicted molar refractivity (Wildman–Crippen MR) is 65.7 cm³/mol. The van der Waals surface area contributed by atoms with Crippen LogP contribution in [0.2, 0.25) is 0 Å². The van der Waals surface area contributed by atoms with Crippen LogP contribution in [0, 0.1) is 0 Å². The topological polar surface area (TPSA) is 51.2 Å². The largest absolute Gasteiger partial charge is 0.433 e. The van der Waals surface area contributed by atoms with Crippen molar-refractivity contribution < 1.29 is 22.7 Å². The van der Waals surface area contributed by atoms with E-state index >= 15 is 0 Å². The number of nitrogens with one attached hydrogen (secondary N) is 1. The third kappa shape index (κ3) is 4.46. The Kier molecular flexibility index (Phi) is 5.30. The number of amides is 1. The molecule has 0 aromatic carbocycles. The summed E-state index contributed by atoms with van der Waals surface area (Å²) in [5, 5.41) is 2.49. The van der Waals surface area contributed by atoms with Crippen molar-refractivity contribution in [2.75, 3.05) is 13.7 Å². The van der Waals surface area contributed by atoms with Crippen LogP contribution in [0.3, 0.4) is 0 Å². The van der Waals surface area contributed by atoms with Crippen LogP contribution in [0.5, 0.6) is 0 Å². The fraction of sp³-hybridized carbons (Fsp3) is 0.455. The highest BCUT2D eigenvalue weighted by molar-refractivity contribution is 9.10. The molecule has 0 saturated carbocycles. The number of alkyl halides is 3. The Morgan fingerprint density at radius 2 is 2.16 bits per heavy atom. The van der Waals surface area contributed by atoms with Gasteiger partial charge in [-0.05, 0) is 35.0 Å². The fourth-order valence-electron chi connectivity index (χ4n) is 1.34. The van der Waals surface area contributed by atoms with Crippen molar-refractivity contribution in [3.63, 3.8) is 0 Å². The molecular weight excluding hydrogens is 329 g/mol. The summed E-state index contributed by atoms with van der Waals surface area (Å²) in [4.78, 5) is 15.1. The summed E-state index contributed by atoms with van der Waals surface area (Å²) in [6.45, 7) is 1.92. The van der Waals surface area contributed by atoms with Crippen LogP contribution in [0.25, 0.3) is 0 Å². The number of carbonyl (C=O) groups excluding carboxylic acids is 1. The number of methoxy groups -OCH3 is 1. The minimum absolute atomic E-state index is 0.197. The lowest BCUT2D eigenvalue weighted by molar-refractivity contribution is -0.141. The van der Waals surface area contributed by atoms with Gasteiger partial charge in [0.15, 0.2) is 0 Å². The van der Waals surface area contributed by atoms with Gasteiger partial charge >= 0.3 is 6.18 Å². The van der Waals surface area contributed by atoms with Crippen LogP contribution >= 0.6 is 15.9 Å². The Hall–Kier alpha value is -1.15. The highest BCUT2D eigenvalue weighted by Crippen LogP contribution is 2.29. The van der Waals surface area contributed by atoms with Gasteiger partial charge in [-0.25, -0.2) is 4.98 Å². The highest BCUT2D eigenvalue weighted by Gasteiger charge is 2.33. The molecule has 0 aliphatic rings. The Morgan fingerprint density at radius 3 is 2.68 bits per heavy atom. The number of carbonyl (C=O) groups is 1. The Balaban J connectivity index is 2.96. The van der Waals surface area contributed by atoms with E-state index in [1.807, 2.05) is 0 Å². The van der Waals surface area contributed by atoms with E-state index in [-0.39, 0.29) is 22.8 Å². The molecule has 19 heavy (non-hydrogen) atoms. The highest BCUT2D eigenvalue weighted by atomic mass is 79.9. The van der Waals surface area contributed by atoms with Gasteiger partial charge in [-0.15, -0.1) is 0 Å². The molecular formula is C11H12BrF3N2O2. The van der Waals surface area contributed by atoms with Crippen molar-refractivity contribution in [3.05, 3.63) is 28.0 Å². The van der Waals surface area contributed by atoms with Crippen LogP contribution in [-0.2, 0) is 10.9 Å². The number of pyridine rings is 1.